The molecule has 1 rings (SSSR count). The van der Waals surface area contributed by atoms with Crippen LogP contribution in [0.4, 0.5) is 0 Å². The summed E-state index contributed by atoms with van der Waals surface area (Å²) in [6, 6.07) is -0.503. The van der Waals surface area contributed by atoms with Crippen molar-refractivity contribution >= 4 is 11.9 Å². The number of nitrogens with one attached hydrogen (secondary N) is 1. The standard InChI is InChI=1S/C9H16N2O3/c1-6(2)11-4-3-8(12)10-7(5-11)9(13)14/h6-7H,3-5H2,1-2H3,(H,10,12)(H,13,14). The summed E-state index contributed by atoms with van der Waals surface area (Å²) in [5.74, 6) is -1.15. The van der Waals surface area contributed by atoms with Gasteiger partial charge in [-0.15, -0.1) is 0 Å². The molecule has 2 N–H and O–H groups in total. The van der Waals surface area contributed by atoms with Gasteiger partial charge in [-0.2, -0.15) is 0 Å². The molecule has 0 aromatic heterocycles. The number of carbonyl (C=O) groups excluding carboxylic acids is 1. The minimum absolute atomic E-state index is 0.180. The van der Waals surface area contributed by atoms with Crippen molar-refractivity contribution in [2.75, 3.05) is 13.1 Å². The summed E-state index contributed by atoms with van der Waals surface area (Å²) in [4.78, 5) is 23.9. The van der Waals surface area contributed by atoms with Gasteiger partial charge in [0.25, 0.3) is 0 Å². The average Bonchev–Trinajstić information content (AvgIpc) is 2.26. The molecule has 1 heterocycles. The van der Waals surface area contributed by atoms with Gasteiger partial charge < -0.3 is 10.4 Å². The maximum atomic E-state index is 11.2. The number of carboxylic acid groups (broad SMARTS) is 1. The monoisotopic (exact) mass is 200 g/mol. The first-order valence-corrected chi connectivity index (χ1v) is 4.77. The molecule has 5 heteroatoms. The van der Waals surface area contributed by atoms with Crippen LogP contribution >= 0.6 is 0 Å². The van der Waals surface area contributed by atoms with Crippen LogP contribution in [0.3, 0.4) is 0 Å². The fraction of sp³-hybridized carbons (Fsp3) is 0.778. The number of aliphatic carboxylic acids is 1. The van der Waals surface area contributed by atoms with Crippen LogP contribution in [0.15, 0.2) is 0 Å². The Labute approximate surface area is 83.1 Å². The predicted molar refractivity (Wildman–Crippen MR) is 50.9 cm³/mol. The number of hydrogen-bond donors (Lipinski definition) is 2. The average molecular weight is 200 g/mol. The van der Waals surface area contributed by atoms with Crippen LogP contribution in [0, 0.1) is 0 Å². The zero-order valence-corrected chi connectivity index (χ0v) is 8.49. The highest BCUT2D eigenvalue weighted by Crippen LogP contribution is 2.05. The van der Waals surface area contributed by atoms with Gasteiger partial charge in [-0.05, 0) is 13.8 Å². The smallest absolute Gasteiger partial charge is 0.327 e. The Morgan fingerprint density at radius 1 is 1.64 bits per heavy atom. The normalized spacial score (nSPS) is 24.5. The molecule has 1 atom stereocenters. The van der Waals surface area contributed by atoms with Crippen LogP contribution in [0.5, 0.6) is 0 Å². The van der Waals surface area contributed by atoms with Gasteiger partial charge in [0.15, 0.2) is 0 Å². The predicted octanol–water partition coefficient (Wildman–Crippen LogP) is -0.330. The first-order valence-electron chi connectivity index (χ1n) is 4.77. The SMILES string of the molecule is CC(C)N1CCC(=O)NC(C(=O)O)C1. The second-order valence-electron chi connectivity index (χ2n) is 3.80. The van der Waals surface area contributed by atoms with Gasteiger partial charge >= 0.3 is 5.97 Å². The highest BCUT2D eigenvalue weighted by atomic mass is 16.4. The Balaban J connectivity index is 2.68. The van der Waals surface area contributed by atoms with Gasteiger partial charge in [0, 0.05) is 25.6 Å². The first kappa shape index (κ1) is 11.0. The lowest BCUT2D eigenvalue weighted by atomic mass is 10.2. The van der Waals surface area contributed by atoms with E-state index >= 15 is 0 Å². The lowest BCUT2D eigenvalue weighted by Gasteiger charge is -2.25. The van der Waals surface area contributed by atoms with Crippen LogP contribution in [-0.2, 0) is 9.59 Å². The molecule has 1 unspecified atom stereocenters. The zero-order valence-electron chi connectivity index (χ0n) is 8.49. The lowest BCUT2D eigenvalue weighted by Crippen LogP contribution is -2.46. The fourth-order valence-electron chi connectivity index (χ4n) is 1.49. The Bertz CT molecular complexity index is 240. The van der Waals surface area contributed by atoms with Crippen molar-refractivity contribution in [1.82, 2.24) is 10.2 Å². The van der Waals surface area contributed by atoms with Gasteiger partial charge in [0.2, 0.25) is 5.91 Å². The molecule has 5 nitrogen and oxygen atoms in total. The van der Waals surface area contributed by atoms with Crippen molar-refractivity contribution < 1.29 is 14.7 Å². The number of hydrogen-bond acceptors (Lipinski definition) is 3. The molecule has 1 saturated heterocycles. The van der Waals surface area contributed by atoms with Crippen molar-refractivity contribution in [2.45, 2.75) is 32.4 Å². The molecule has 0 aromatic rings. The topological polar surface area (TPSA) is 69.6 Å². The van der Waals surface area contributed by atoms with Crippen LogP contribution in [0.2, 0.25) is 0 Å². The highest BCUT2D eigenvalue weighted by molar-refractivity contribution is 5.84. The van der Waals surface area contributed by atoms with E-state index < -0.39 is 12.0 Å². The molecule has 1 fully saturated rings. The molecule has 80 valence electrons. The minimum Gasteiger partial charge on any atom is -0.480 e. The van der Waals surface area contributed by atoms with Crippen LogP contribution in [-0.4, -0.2) is 47.1 Å². The van der Waals surface area contributed by atoms with E-state index in [9.17, 15) is 9.59 Å². The second-order valence-corrected chi connectivity index (χ2v) is 3.80. The fourth-order valence-corrected chi connectivity index (χ4v) is 1.49. The third kappa shape index (κ3) is 2.70. The molecule has 0 saturated carbocycles. The molecule has 0 bridgehead atoms. The third-order valence-electron chi connectivity index (χ3n) is 2.41. The summed E-state index contributed by atoms with van der Waals surface area (Å²) in [6.45, 7) is 5.01. The number of nitrogens with zero attached hydrogens (tertiary/aromatic N) is 1. The summed E-state index contributed by atoms with van der Waals surface area (Å²) in [6.07, 6.45) is 0.377. The summed E-state index contributed by atoms with van der Waals surface area (Å²) in [7, 11) is 0. The molecule has 0 radical (unpaired) electrons. The van der Waals surface area contributed by atoms with Crippen molar-refractivity contribution in [1.29, 1.82) is 0 Å². The van der Waals surface area contributed by atoms with Gasteiger partial charge in [0.05, 0.1) is 0 Å². The summed E-state index contributed by atoms with van der Waals surface area (Å²) < 4.78 is 0. The molecule has 14 heavy (non-hydrogen) atoms. The van der Waals surface area contributed by atoms with Crippen molar-refractivity contribution in [3.8, 4) is 0 Å². The second kappa shape index (κ2) is 4.41. The molecular weight excluding hydrogens is 184 g/mol. The highest BCUT2D eigenvalue weighted by Gasteiger charge is 2.27. The summed E-state index contributed by atoms with van der Waals surface area (Å²) in [5.41, 5.74) is 0. The molecule has 0 aromatic carbocycles. The quantitative estimate of drug-likeness (QED) is 0.640. The van der Waals surface area contributed by atoms with Crippen LogP contribution in [0.1, 0.15) is 20.3 Å². The minimum atomic E-state index is -0.967. The zero-order chi connectivity index (χ0) is 10.7. The van der Waals surface area contributed by atoms with Crippen molar-refractivity contribution in [3.63, 3.8) is 0 Å². The van der Waals surface area contributed by atoms with Crippen LogP contribution in [0.25, 0.3) is 0 Å². The molecule has 1 aliphatic heterocycles. The third-order valence-corrected chi connectivity index (χ3v) is 2.41. The van der Waals surface area contributed by atoms with Gasteiger partial charge in [-0.3, -0.25) is 9.69 Å². The molecule has 1 amide bonds. The van der Waals surface area contributed by atoms with E-state index in [0.717, 1.165) is 0 Å². The maximum Gasteiger partial charge on any atom is 0.327 e. The lowest BCUT2D eigenvalue weighted by molar-refractivity contribution is -0.141. The Morgan fingerprint density at radius 3 is 2.79 bits per heavy atom. The molecule has 0 spiro atoms. The Kier molecular flexibility index (Phi) is 3.46. The Morgan fingerprint density at radius 2 is 2.29 bits per heavy atom. The van der Waals surface area contributed by atoms with E-state index in [2.05, 4.69) is 5.32 Å². The van der Waals surface area contributed by atoms with E-state index in [0.29, 0.717) is 19.5 Å². The van der Waals surface area contributed by atoms with E-state index in [1.807, 2.05) is 18.7 Å². The van der Waals surface area contributed by atoms with Gasteiger partial charge in [-0.25, -0.2) is 4.79 Å². The van der Waals surface area contributed by atoms with E-state index in [-0.39, 0.29) is 11.9 Å². The van der Waals surface area contributed by atoms with Crippen molar-refractivity contribution in [3.05, 3.63) is 0 Å². The number of amides is 1. The van der Waals surface area contributed by atoms with E-state index in [1.54, 1.807) is 0 Å². The number of carboxylic acids is 1. The Hall–Kier alpha value is -1.10. The molecule has 0 aliphatic carbocycles. The number of carbonyl (C=O) groups is 2. The number of rotatable bonds is 2. The summed E-state index contributed by atoms with van der Waals surface area (Å²) >= 11 is 0. The van der Waals surface area contributed by atoms with Gasteiger partial charge in [0.1, 0.15) is 6.04 Å². The molecular formula is C9H16N2O3. The first-order chi connectivity index (χ1) is 6.50. The summed E-state index contributed by atoms with van der Waals surface area (Å²) in [5, 5.41) is 11.3. The van der Waals surface area contributed by atoms with Crippen molar-refractivity contribution in [2.24, 2.45) is 0 Å². The largest absolute Gasteiger partial charge is 0.480 e. The maximum absolute atomic E-state index is 11.2. The van der Waals surface area contributed by atoms with E-state index in [1.165, 1.54) is 0 Å². The van der Waals surface area contributed by atoms with E-state index in [4.69, 9.17) is 5.11 Å². The van der Waals surface area contributed by atoms with Crippen LogP contribution < -0.4 is 5.32 Å². The van der Waals surface area contributed by atoms with Gasteiger partial charge in [-0.1, -0.05) is 0 Å². The molecule has 1 aliphatic rings.